The number of nitrogens with zero attached hydrogens (tertiary/aromatic N) is 1. The lowest BCUT2D eigenvalue weighted by atomic mass is 10.1. The van der Waals surface area contributed by atoms with E-state index in [0.29, 0.717) is 44.0 Å². The molecule has 0 radical (unpaired) electrons. The third-order valence-corrected chi connectivity index (χ3v) is 7.28. The first-order valence-electron chi connectivity index (χ1n) is 9.12. The number of piperidine rings is 1. The highest BCUT2D eigenvalue weighted by Gasteiger charge is 2.42. The van der Waals surface area contributed by atoms with Gasteiger partial charge in [-0.05, 0) is 49.9 Å². The second-order valence-electron chi connectivity index (χ2n) is 7.01. The second-order valence-corrected chi connectivity index (χ2v) is 8.95. The Morgan fingerprint density at radius 1 is 1.00 bits per heavy atom. The third kappa shape index (κ3) is 3.56. The highest BCUT2D eigenvalue weighted by atomic mass is 32.2. The van der Waals surface area contributed by atoms with Crippen molar-refractivity contribution in [2.24, 2.45) is 0 Å². The molecule has 0 bridgehead atoms. The van der Waals surface area contributed by atoms with Crippen molar-refractivity contribution in [3.05, 3.63) is 24.3 Å². The fraction of sp³-hybridized carbons (Fsp3) is 0.667. The van der Waals surface area contributed by atoms with E-state index in [1.54, 1.807) is 24.3 Å². The van der Waals surface area contributed by atoms with Crippen molar-refractivity contribution in [1.29, 1.82) is 0 Å². The van der Waals surface area contributed by atoms with Crippen molar-refractivity contribution in [2.75, 3.05) is 26.3 Å². The molecule has 0 unspecified atom stereocenters. The minimum absolute atomic E-state index is 0.271. The Labute approximate surface area is 149 Å². The molecule has 2 saturated heterocycles. The van der Waals surface area contributed by atoms with Gasteiger partial charge in [0.15, 0.2) is 5.79 Å². The molecule has 3 fully saturated rings. The molecule has 6 nitrogen and oxygen atoms in total. The van der Waals surface area contributed by atoms with Crippen molar-refractivity contribution < 1.29 is 22.6 Å². The van der Waals surface area contributed by atoms with Crippen LogP contribution < -0.4 is 4.74 Å². The number of ether oxygens (including phenoxy) is 3. The molecule has 25 heavy (non-hydrogen) atoms. The van der Waals surface area contributed by atoms with Gasteiger partial charge in [0.1, 0.15) is 5.75 Å². The molecule has 0 aromatic heterocycles. The zero-order valence-corrected chi connectivity index (χ0v) is 15.2. The van der Waals surface area contributed by atoms with Crippen LogP contribution in [0.4, 0.5) is 0 Å². The van der Waals surface area contributed by atoms with E-state index in [2.05, 4.69) is 0 Å². The molecule has 0 N–H and O–H groups in total. The van der Waals surface area contributed by atoms with Gasteiger partial charge in [-0.1, -0.05) is 0 Å². The molecule has 1 spiro atoms. The molecule has 1 saturated carbocycles. The van der Waals surface area contributed by atoms with Crippen molar-refractivity contribution >= 4 is 10.0 Å². The van der Waals surface area contributed by atoms with Gasteiger partial charge in [-0.25, -0.2) is 8.42 Å². The second kappa shape index (κ2) is 6.87. The van der Waals surface area contributed by atoms with Gasteiger partial charge in [-0.2, -0.15) is 4.31 Å². The number of rotatable bonds is 4. The van der Waals surface area contributed by atoms with Crippen molar-refractivity contribution in [1.82, 2.24) is 4.31 Å². The Morgan fingerprint density at radius 2 is 1.60 bits per heavy atom. The van der Waals surface area contributed by atoms with Crippen LogP contribution in [0.2, 0.25) is 0 Å². The lowest BCUT2D eigenvalue weighted by molar-refractivity contribution is -0.179. The van der Waals surface area contributed by atoms with Gasteiger partial charge in [0.25, 0.3) is 0 Å². The summed E-state index contributed by atoms with van der Waals surface area (Å²) in [6, 6.07) is 6.82. The molecule has 4 rings (SSSR count). The van der Waals surface area contributed by atoms with Crippen LogP contribution in [0, 0.1) is 0 Å². The lowest BCUT2D eigenvalue weighted by Gasteiger charge is -2.36. The minimum Gasteiger partial charge on any atom is -0.490 e. The Morgan fingerprint density at radius 3 is 2.20 bits per heavy atom. The first-order valence-corrected chi connectivity index (χ1v) is 10.6. The first-order chi connectivity index (χ1) is 12.1. The van der Waals surface area contributed by atoms with Crippen LogP contribution in [0.1, 0.15) is 38.5 Å². The van der Waals surface area contributed by atoms with Gasteiger partial charge in [0, 0.05) is 25.9 Å². The Hall–Kier alpha value is -1.15. The summed E-state index contributed by atoms with van der Waals surface area (Å²) in [4.78, 5) is 0.315. The Kier molecular flexibility index (Phi) is 4.75. The van der Waals surface area contributed by atoms with E-state index in [9.17, 15) is 8.42 Å². The van der Waals surface area contributed by atoms with Gasteiger partial charge in [0.05, 0.1) is 24.2 Å². The first kappa shape index (κ1) is 17.3. The van der Waals surface area contributed by atoms with E-state index in [1.165, 1.54) is 17.1 Å². The smallest absolute Gasteiger partial charge is 0.243 e. The molecule has 1 aromatic carbocycles. The molecular weight excluding hydrogens is 342 g/mol. The van der Waals surface area contributed by atoms with Crippen molar-refractivity contribution in [2.45, 2.75) is 55.3 Å². The molecule has 7 heteroatoms. The van der Waals surface area contributed by atoms with Crippen molar-refractivity contribution in [3.63, 3.8) is 0 Å². The van der Waals surface area contributed by atoms with E-state index in [-0.39, 0.29) is 6.10 Å². The molecule has 0 amide bonds. The van der Waals surface area contributed by atoms with Crippen LogP contribution in [0.25, 0.3) is 0 Å². The largest absolute Gasteiger partial charge is 0.490 e. The average Bonchev–Trinajstić information content (AvgIpc) is 3.28. The number of hydrogen-bond acceptors (Lipinski definition) is 5. The molecule has 2 aliphatic heterocycles. The van der Waals surface area contributed by atoms with Crippen LogP contribution in [-0.4, -0.2) is 50.9 Å². The van der Waals surface area contributed by atoms with Gasteiger partial charge in [-0.15, -0.1) is 0 Å². The predicted molar refractivity (Wildman–Crippen MR) is 92.0 cm³/mol. The SMILES string of the molecule is O=S(=O)(c1ccc(OC2CCCC2)cc1)N1CCC2(CC1)OCCO2. The van der Waals surface area contributed by atoms with E-state index >= 15 is 0 Å². The standard InChI is InChI=1S/C18H25NO5S/c20-25(21,19-11-9-18(10-12-19)22-13-14-23-18)17-7-5-16(6-8-17)24-15-3-1-2-4-15/h5-8,15H,1-4,9-14H2. The summed E-state index contributed by atoms with van der Waals surface area (Å²) in [5.74, 6) is 0.182. The van der Waals surface area contributed by atoms with Crippen molar-refractivity contribution in [3.8, 4) is 5.75 Å². The summed E-state index contributed by atoms with van der Waals surface area (Å²) in [6.07, 6.45) is 6.01. The summed E-state index contributed by atoms with van der Waals surface area (Å²) in [5.41, 5.74) is 0. The topological polar surface area (TPSA) is 65.1 Å². The molecule has 0 atom stereocenters. The maximum Gasteiger partial charge on any atom is 0.243 e. The highest BCUT2D eigenvalue weighted by molar-refractivity contribution is 7.89. The van der Waals surface area contributed by atoms with E-state index in [0.717, 1.165) is 18.6 Å². The average molecular weight is 367 g/mol. The van der Waals surface area contributed by atoms with Gasteiger partial charge >= 0.3 is 0 Å². The summed E-state index contributed by atoms with van der Waals surface area (Å²) < 4.78 is 44.5. The fourth-order valence-corrected chi connectivity index (χ4v) is 5.33. The maximum absolute atomic E-state index is 12.8. The molecular formula is C18H25NO5S. The molecule has 3 aliphatic rings. The highest BCUT2D eigenvalue weighted by Crippen LogP contribution is 2.33. The normalized spacial score (nSPS) is 24.8. The van der Waals surface area contributed by atoms with Crippen LogP contribution in [0.3, 0.4) is 0 Å². The minimum atomic E-state index is -3.49. The summed E-state index contributed by atoms with van der Waals surface area (Å²) in [5, 5.41) is 0. The zero-order valence-electron chi connectivity index (χ0n) is 14.4. The van der Waals surface area contributed by atoms with Crippen LogP contribution in [-0.2, 0) is 19.5 Å². The van der Waals surface area contributed by atoms with Gasteiger partial charge < -0.3 is 14.2 Å². The zero-order chi connectivity index (χ0) is 17.3. The van der Waals surface area contributed by atoms with Crippen LogP contribution in [0.15, 0.2) is 29.2 Å². The number of benzene rings is 1. The Bertz CT molecular complexity index is 681. The molecule has 1 aromatic rings. The predicted octanol–water partition coefficient (Wildman–Crippen LogP) is 2.54. The molecule has 2 heterocycles. The van der Waals surface area contributed by atoms with E-state index < -0.39 is 15.8 Å². The molecule has 1 aliphatic carbocycles. The maximum atomic E-state index is 12.8. The number of hydrogen-bond donors (Lipinski definition) is 0. The monoisotopic (exact) mass is 367 g/mol. The van der Waals surface area contributed by atoms with Gasteiger partial charge in [-0.3, -0.25) is 0 Å². The number of sulfonamides is 1. The van der Waals surface area contributed by atoms with Gasteiger partial charge in [0.2, 0.25) is 10.0 Å². The quantitative estimate of drug-likeness (QED) is 0.818. The third-order valence-electron chi connectivity index (χ3n) is 5.36. The van der Waals surface area contributed by atoms with E-state index in [1.807, 2.05) is 0 Å². The van der Waals surface area contributed by atoms with Crippen LogP contribution in [0.5, 0.6) is 5.75 Å². The Balaban J connectivity index is 1.41. The van der Waals surface area contributed by atoms with E-state index in [4.69, 9.17) is 14.2 Å². The summed E-state index contributed by atoms with van der Waals surface area (Å²) in [6.45, 7) is 2.02. The molecule has 138 valence electrons. The summed E-state index contributed by atoms with van der Waals surface area (Å²) >= 11 is 0. The fourth-order valence-electron chi connectivity index (χ4n) is 3.89. The lowest BCUT2D eigenvalue weighted by Crippen LogP contribution is -2.47. The van der Waals surface area contributed by atoms with Crippen LogP contribution >= 0.6 is 0 Å². The summed E-state index contributed by atoms with van der Waals surface area (Å²) in [7, 11) is -3.49.